The van der Waals surface area contributed by atoms with Crippen molar-refractivity contribution in [3.63, 3.8) is 0 Å². The largest absolute Gasteiger partial charge is 0.454 e. The number of urea groups is 1. The van der Waals surface area contributed by atoms with E-state index < -0.39 is 17.8 Å². The van der Waals surface area contributed by atoms with Gasteiger partial charge in [0.15, 0.2) is 18.2 Å². The van der Waals surface area contributed by atoms with Crippen LogP contribution in [0.15, 0.2) is 18.2 Å². The van der Waals surface area contributed by atoms with E-state index in [0.29, 0.717) is 49.5 Å². The van der Waals surface area contributed by atoms with Gasteiger partial charge in [-0.2, -0.15) is 0 Å². The first-order valence-corrected chi connectivity index (χ1v) is 10.2. The number of hydrogen-bond donors (Lipinski definition) is 2. The van der Waals surface area contributed by atoms with Gasteiger partial charge in [-0.3, -0.25) is 19.3 Å². The number of anilines is 1. The van der Waals surface area contributed by atoms with E-state index in [2.05, 4.69) is 5.32 Å². The maximum atomic E-state index is 12.6. The molecule has 0 atom stereocenters. The first kappa shape index (κ1) is 20.1. The Hall–Kier alpha value is -3.14. The number of likely N-dealkylation sites (tertiary alicyclic amines) is 1. The highest BCUT2D eigenvalue weighted by Crippen LogP contribution is 2.34. The average molecular weight is 417 g/mol. The van der Waals surface area contributed by atoms with Crippen molar-refractivity contribution in [1.82, 2.24) is 9.80 Å². The van der Waals surface area contributed by atoms with Crippen LogP contribution in [0.4, 0.5) is 10.5 Å². The quantitative estimate of drug-likeness (QED) is 0.490. The molecule has 2 N–H and O–H groups in total. The lowest BCUT2D eigenvalue weighted by Gasteiger charge is -2.30. The molecule has 3 aliphatic heterocycles. The van der Waals surface area contributed by atoms with Crippen molar-refractivity contribution in [2.75, 3.05) is 38.4 Å². The molecule has 5 amide bonds. The molecule has 10 heteroatoms. The first-order valence-electron chi connectivity index (χ1n) is 10.2. The molecule has 0 saturated carbocycles. The Morgan fingerprint density at radius 2 is 1.80 bits per heavy atom. The summed E-state index contributed by atoms with van der Waals surface area (Å²) in [6, 6.07) is 4.74. The summed E-state index contributed by atoms with van der Waals surface area (Å²) in [5.74, 6) is -0.457. The topological polar surface area (TPSA) is 110 Å². The summed E-state index contributed by atoms with van der Waals surface area (Å²) in [7, 11) is 0. The third-order valence-electron chi connectivity index (χ3n) is 5.67. The van der Waals surface area contributed by atoms with E-state index in [1.54, 1.807) is 18.2 Å². The Balaban J connectivity index is 1.28. The van der Waals surface area contributed by atoms with Gasteiger partial charge in [-0.25, -0.2) is 9.69 Å². The zero-order valence-electron chi connectivity index (χ0n) is 16.8. The molecule has 1 aromatic carbocycles. The molecule has 0 aliphatic carbocycles. The molecular weight excluding hydrogens is 392 g/mol. The number of carbonyl (C=O) groups is 4. The molecule has 3 heterocycles. The van der Waals surface area contributed by atoms with Gasteiger partial charge in [0.1, 0.15) is 0 Å². The van der Waals surface area contributed by atoms with Crippen LogP contribution in [0.1, 0.15) is 26.2 Å². The number of nitrogens with one attached hydrogen (secondary N) is 2. The van der Waals surface area contributed by atoms with Gasteiger partial charge in [0.05, 0.1) is 13.1 Å². The predicted octanol–water partition coefficient (Wildman–Crippen LogP) is -0.193. The van der Waals surface area contributed by atoms with Crippen LogP contribution >= 0.6 is 0 Å². The Morgan fingerprint density at radius 1 is 1.10 bits per heavy atom. The fourth-order valence-electron chi connectivity index (χ4n) is 4.00. The highest BCUT2D eigenvalue weighted by atomic mass is 16.7. The standard InChI is InChI=1S/C20H24N4O6/c1-2-7-23-18(26)19(27)24(20(23)28)11-22-8-5-13(6-9-22)17(25)21-14-3-4-15-16(10-14)30-12-29-15/h3-4,10,13H,2,5-9,11-12H2,1H3,(H,21,25)/p+1. The third-order valence-corrected chi connectivity index (χ3v) is 5.67. The Morgan fingerprint density at radius 3 is 2.53 bits per heavy atom. The summed E-state index contributed by atoms with van der Waals surface area (Å²) < 4.78 is 10.6. The number of ether oxygens (including phenoxy) is 2. The van der Waals surface area contributed by atoms with Gasteiger partial charge >= 0.3 is 17.8 Å². The van der Waals surface area contributed by atoms with Crippen molar-refractivity contribution < 1.29 is 33.6 Å². The van der Waals surface area contributed by atoms with Crippen LogP contribution < -0.4 is 19.7 Å². The highest BCUT2D eigenvalue weighted by Gasteiger charge is 2.46. The van der Waals surface area contributed by atoms with E-state index in [1.807, 2.05) is 6.92 Å². The molecule has 0 spiro atoms. The Kier molecular flexibility index (Phi) is 5.58. The zero-order chi connectivity index (χ0) is 21.3. The number of hydrogen-bond acceptors (Lipinski definition) is 6. The van der Waals surface area contributed by atoms with Crippen molar-refractivity contribution in [1.29, 1.82) is 0 Å². The fraction of sp³-hybridized carbons (Fsp3) is 0.500. The molecule has 4 rings (SSSR count). The summed E-state index contributed by atoms with van der Waals surface area (Å²) in [5.41, 5.74) is 0.654. The molecule has 10 nitrogen and oxygen atoms in total. The molecule has 1 aromatic rings. The lowest BCUT2D eigenvalue weighted by molar-refractivity contribution is -0.912. The minimum absolute atomic E-state index is 0.0643. The molecule has 0 bridgehead atoms. The van der Waals surface area contributed by atoms with Crippen LogP contribution in [0.25, 0.3) is 0 Å². The summed E-state index contributed by atoms with van der Waals surface area (Å²) in [6.45, 7) is 3.70. The van der Waals surface area contributed by atoms with Gasteiger partial charge in [-0.05, 0) is 18.6 Å². The van der Waals surface area contributed by atoms with Gasteiger partial charge in [0.2, 0.25) is 12.7 Å². The lowest BCUT2D eigenvalue weighted by atomic mass is 9.96. The van der Waals surface area contributed by atoms with Gasteiger partial charge in [-0.1, -0.05) is 6.92 Å². The van der Waals surface area contributed by atoms with Crippen LogP contribution in [0.2, 0.25) is 0 Å². The Bertz CT molecular complexity index is 880. The second-order valence-electron chi connectivity index (χ2n) is 7.71. The SMILES string of the molecule is CCCN1C(=O)C(=O)N(C[NH+]2CCC(C(=O)Nc3ccc4c(c3)OCO4)CC2)C1=O. The first-order chi connectivity index (χ1) is 14.5. The minimum Gasteiger partial charge on any atom is -0.454 e. The maximum Gasteiger partial charge on any atom is 0.338 e. The number of benzene rings is 1. The van der Waals surface area contributed by atoms with E-state index >= 15 is 0 Å². The number of nitrogens with zero attached hydrogens (tertiary/aromatic N) is 2. The molecule has 2 saturated heterocycles. The second kappa shape index (κ2) is 8.31. The van der Waals surface area contributed by atoms with Crippen LogP contribution in [0.3, 0.4) is 0 Å². The Labute approximate surface area is 173 Å². The van der Waals surface area contributed by atoms with Crippen LogP contribution in [-0.2, 0) is 14.4 Å². The summed E-state index contributed by atoms with van der Waals surface area (Å²) >= 11 is 0. The molecule has 2 fully saturated rings. The van der Waals surface area contributed by atoms with E-state index in [-0.39, 0.29) is 31.8 Å². The van der Waals surface area contributed by atoms with Gasteiger partial charge in [-0.15, -0.1) is 0 Å². The maximum absolute atomic E-state index is 12.6. The molecule has 3 aliphatic rings. The number of fused-ring (bicyclic) bond motifs is 1. The van der Waals surface area contributed by atoms with Gasteiger partial charge in [0.25, 0.3) is 0 Å². The molecule has 0 radical (unpaired) electrons. The van der Waals surface area contributed by atoms with Gasteiger partial charge in [0, 0.05) is 37.1 Å². The second-order valence-corrected chi connectivity index (χ2v) is 7.71. The van der Waals surface area contributed by atoms with Crippen molar-refractivity contribution in [3.05, 3.63) is 18.2 Å². The number of amides is 5. The van der Waals surface area contributed by atoms with Crippen molar-refractivity contribution in [3.8, 4) is 11.5 Å². The number of piperidine rings is 1. The number of quaternary nitrogens is 1. The summed E-state index contributed by atoms with van der Waals surface area (Å²) in [6.07, 6.45) is 1.87. The minimum atomic E-state index is -0.761. The monoisotopic (exact) mass is 417 g/mol. The molecule has 0 unspecified atom stereocenters. The number of imide groups is 2. The van der Waals surface area contributed by atoms with E-state index in [9.17, 15) is 19.2 Å². The van der Waals surface area contributed by atoms with E-state index in [4.69, 9.17) is 9.47 Å². The van der Waals surface area contributed by atoms with E-state index in [1.165, 1.54) is 0 Å². The van der Waals surface area contributed by atoms with E-state index in [0.717, 1.165) is 14.7 Å². The van der Waals surface area contributed by atoms with Crippen molar-refractivity contribution in [2.24, 2.45) is 5.92 Å². The van der Waals surface area contributed by atoms with Crippen LogP contribution in [0.5, 0.6) is 11.5 Å². The summed E-state index contributed by atoms with van der Waals surface area (Å²) in [5, 5.41) is 2.92. The van der Waals surface area contributed by atoms with Crippen LogP contribution in [-0.4, -0.2) is 66.6 Å². The highest BCUT2D eigenvalue weighted by molar-refractivity contribution is 6.44. The molecular formula is C20H25N4O6+. The molecule has 160 valence electrons. The average Bonchev–Trinajstić information content (AvgIpc) is 3.29. The van der Waals surface area contributed by atoms with Crippen LogP contribution in [0, 0.1) is 5.92 Å². The fourth-order valence-corrected chi connectivity index (χ4v) is 4.00. The normalized spacial score (nSPS) is 23.3. The smallest absolute Gasteiger partial charge is 0.338 e. The lowest BCUT2D eigenvalue weighted by Crippen LogP contribution is -3.14. The molecule has 0 aromatic heterocycles. The number of rotatable bonds is 6. The van der Waals surface area contributed by atoms with Crippen molar-refractivity contribution in [2.45, 2.75) is 26.2 Å². The predicted molar refractivity (Wildman–Crippen MR) is 104 cm³/mol. The van der Waals surface area contributed by atoms with Gasteiger partial charge < -0.3 is 19.7 Å². The number of carbonyl (C=O) groups excluding carboxylic acids is 4. The zero-order valence-corrected chi connectivity index (χ0v) is 16.8. The summed E-state index contributed by atoms with van der Waals surface area (Å²) in [4.78, 5) is 52.1. The third kappa shape index (κ3) is 3.82. The molecule has 30 heavy (non-hydrogen) atoms. The van der Waals surface area contributed by atoms with Crippen molar-refractivity contribution >= 4 is 29.4 Å².